The van der Waals surface area contributed by atoms with E-state index in [0.717, 1.165) is 12.2 Å². The highest BCUT2D eigenvalue weighted by atomic mass is 16.5. The predicted molar refractivity (Wildman–Crippen MR) is 92.3 cm³/mol. The van der Waals surface area contributed by atoms with Crippen LogP contribution in [0.4, 0.5) is 0 Å². The molecule has 1 aliphatic carbocycles. The van der Waals surface area contributed by atoms with Crippen LogP contribution in [0.3, 0.4) is 0 Å². The monoisotopic (exact) mass is 292 g/mol. The van der Waals surface area contributed by atoms with Crippen molar-refractivity contribution < 1.29 is 4.74 Å². The lowest BCUT2D eigenvalue weighted by atomic mass is 9.93. The van der Waals surface area contributed by atoms with Crippen molar-refractivity contribution in [3.05, 3.63) is 77.9 Å². The molecule has 1 saturated carbocycles. The summed E-state index contributed by atoms with van der Waals surface area (Å²) in [6, 6.07) is 17.0. The summed E-state index contributed by atoms with van der Waals surface area (Å²) in [5.41, 5.74) is 3.87. The Kier molecular flexibility index (Phi) is 4.95. The molecule has 0 saturated heterocycles. The summed E-state index contributed by atoms with van der Waals surface area (Å²) in [5.74, 6) is 1.76. The van der Waals surface area contributed by atoms with Gasteiger partial charge in [-0.1, -0.05) is 67.4 Å². The Balaban J connectivity index is 1.86. The molecule has 0 unspecified atom stereocenters. The fourth-order valence-corrected chi connectivity index (χ4v) is 3.39. The molecule has 0 atom stereocenters. The van der Waals surface area contributed by atoms with Crippen molar-refractivity contribution in [1.29, 1.82) is 0 Å². The van der Waals surface area contributed by atoms with Crippen LogP contribution in [0, 0.1) is 0 Å². The lowest BCUT2D eigenvalue weighted by Crippen LogP contribution is -2.04. The summed E-state index contributed by atoms with van der Waals surface area (Å²) >= 11 is 0. The third kappa shape index (κ3) is 3.41. The number of rotatable bonds is 6. The highest BCUT2D eigenvalue weighted by Gasteiger charge is 2.22. The van der Waals surface area contributed by atoms with Gasteiger partial charge in [-0.25, -0.2) is 0 Å². The van der Waals surface area contributed by atoms with Crippen LogP contribution >= 0.6 is 0 Å². The molecular formula is C21H24O. The average molecular weight is 292 g/mol. The quantitative estimate of drug-likeness (QED) is 0.625. The van der Waals surface area contributed by atoms with E-state index in [1.165, 1.54) is 42.4 Å². The molecule has 2 aromatic rings. The minimum atomic E-state index is 0.634. The van der Waals surface area contributed by atoms with Crippen LogP contribution in [0.15, 0.2) is 61.2 Å². The smallest absolute Gasteiger partial charge is 0.126 e. The fraction of sp³-hybridized carbons (Fsp3) is 0.333. The molecule has 1 aliphatic rings. The third-order valence-corrected chi connectivity index (χ3v) is 4.51. The lowest BCUT2D eigenvalue weighted by Gasteiger charge is -2.19. The normalized spacial score (nSPS) is 14.9. The van der Waals surface area contributed by atoms with Gasteiger partial charge in [0.2, 0.25) is 0 Å². The van der Waals surface area contributed by atoms with Gasteiger partial charge in [-0.3, -0.25) is 0 Å². The van der Waals surface area contributed by atoms with E-state index in [-0.39, 0.29) is 0 Å². The minimum Gasteiger partial charge on any atom is -0.488 e. The molecule has 0 amide bonds. The zero-order valence-corrected chi connectivity index (χ0v) is 13.1. The largest absolute Gasteiger partial charge is 0.488 e. The first kappa shape index (κ1) is 14.9. The molecule has 22 heavy (non-hydrogen) atoms. The van der Waals surface area contributed by atoms with Gasteiger partial charge in [-0.15, -0.1) is 6.58 Å². The fourth-order valence-electron chi connectivity index (χ4n) is 3.39. The van der Waals surface area contributed by atoms with E-state index in [0.29, 0.717) is 12.5 Å². The lowest BCUT2D eigenvalue weighted by molar-refractivity contribution is 0.298. The van der Waals surface area contributed by atoms with Crippen LogP contribution in [0.2, 0.25) is 0 Å². The Morgan fingerprint density at radius 2 is 1.77 bits per heavy atom. The van der Waals surface area contributed by atoms with Crippen LogP contribution in [-0.2, 0) is 13.0 Å². The molecule has 0 bridgehead atoms. The van der Waals surface area contributed by atoms with Crippen molar-refractivity contribution in [3.63, 3.8) is 0 Å². The van der Waals surface area contributed by atoms with Crippen molar-refractivity contribution in [1.82, 2.24) is 0 Å². The summed E-state index contributed by atoms with van der Waals surface area (Å²) in [5, 5.41) is 0. The Bertz CT molecular complexity index is 609. The van der Waals surface area contributed by atoms with Crippen LogP contribution < -0.4 is 4.74 Å². The van der Waals surface area contributed by atoms with Gasteiger partial charge in [0, 0.05) is 0 Å². The first-order valence-electron chi connectivity index (χ1n) is 8.28. The first-order chi connectivity index (χ1) is 10.9. The summed E-state index contributed by atoms with van der Waals surface area (Å²) in [6.45, 7) is 4.52. The van der Waals surface area contributed by atoms with Crippen molar-refractivity contribution in [2.75, 3.05) is 0 Å². The van der Waals surface area contributed by atoms with Gasteiger partial charge in [-0.05, 0) is 41.9 Å². The van der Waals surface area contributed by atoms with Crippen LogP contribution in [-0.4, -0.2) is 0 Å². The summed E-state index contributed by atoms with van der Waals surface area (Å²) in [4.78, 5) is 0. The van der Waals surface area contributed by atoms with E-state index >= 15 is 0 Å². The molecule has 1 nitrogen and oxygen atoms in total. The molecule has 0 aliphatic heterocycles. The molecule has 0 radical (unpaired) electrons. The number of benzene rings is 2. The van der Waals surface area contributed by atoms with E-state index in [1.54, 1.807) is 0 Å². The predicted octanol–water partition coefficient (Wildman–Crippen LogP) is 5.65. The van der Waals surface area contributed by atoms with Gasteiger partial charge in [0.1, 0.15) is 12.4 Å². The number of para-hydroxylation sites is 1. The highest BCUT2D eigenvalue weighted by Crippen LogP contribution is 2.40. The molecule has 0 spiro atoms. The maximum absolute atomic E-state index is 6.27. The van der Waals surface area contributed by atoms with E-state index in [1.807, 2.05) is 12.1 Å². The molecule has 114 valence electrons. The molecular weight excluding hydrogens is 268 g/mol. The second kappa shape index (κ2) is 7.31. The van der Waals surface area contributed by atoms with Gasteiger partial charge in [-0.2, -0.15) is 0 Å². The maximum atomic E-state index is 6.27. The summed E-state index contributed by atoms with van der Waals surface area (Å²) < 4.78 is 6.27. The molecule has 0 aromatic heterocycles. The molecule has 0 N–H and O–H groups in total. The first-order valence-corrected chi connectivity index (χ1v) is 8.28. The minimum absolute atomic E-state index is 0.634. The molecule has 0 heterocycles. The average Bonchev–Trinajstić information content (AvgIpc) is 3.09. The standard InChI is InChI=1S/C21H24O/c1-2-9-19-14-8-15-20(18-12-6-7-13-18)21(19)22-16-17-10-4-3-5-11-17/h2-5,8,10-11,14-15,18H,1,6-7,9,12-13,16H2. The van der Waals surface area contributed by atoms with Crippen LogP contribution in [0.25, 0.3) is 0 Å². The summed E-state index contributed by atoms with van der Waals surface area (Å²) in [6.07, 6.45) is 8.09. The van der Waals surface area contributed by atoms with E-state index < -0.39 is 0 Å². The maximum Gasteiger partial charge on any atom is 0.126 e. The Labute approximate surface area is 133 Å². The molecule has 3 rings (SSSR count). The van der Waals surface area contributed by atoms with Crippen LogP contribution in [0.1, 0.15) is 48.3 Å². The zero-order chi connectivity index (χ0) is 15.2. The van der Waals surface area contributed by atoms with Crippen molar-refractivity contribution in [2.45, 2.75) is 44.6 Å². The van der Waals surface area contributed by atoms with Gasteiger partial charge in [0.05, 0.1) is 0 Å². The van der Waals surface area contributed by atoms with Crippen molar-refractivity contribution >= 4 is 0 Å². The van der Waals surface area contributed by atoms with Gasteiger partial charge in [0.25, 0.3) is 0 Å². The Morgan fingerprint density at radius 1 is 1.00 bits per heavy atom. The third-order valence-electron chi connectivity index (χ3n) is 4.51. The van der Waals surface area contributed by atoms with Crippen molar-refractivity contribution in [2.24, 2.45) is 0 Å². The van der Waals surface area contributed by atoms with Crippen LogP contribution in [0.5, 0.6) is 5.75 Å². The number of hydrogen-bond donors (Lipinski definition) is 0. The van der Waals surface area contributed by atoms with E-state index in [9.17, 15) is 0 Å². The summed E-state index contributed by atoms with van der Waals surface area (Å²) in [7, 11) is 0. The van der Waals surface area contributed by atoms with Crippen molar-refractivity contribution in [3.8, 4) is 5.75 Å². The van der Waals surface area contributed by atoms with Gasteiger partial charge < -0.3 is 4.74 Å². The Morgan fingerprint density at radius 3 is 2.50 bits per heavy atom. The van der Waals surface area contributed by atoms with Gasteiger partial charge in [0.15, 0.2) is 0 Å². The van der Waals surface area contributed by atoms with Gasteiger partial charge >= 0.3 is 0 Å². The SMILES string of the molecule is C=CCc1cccc(C2CCCC2)c1OCc1ccccc1. The number of ether oxygens (including phenoxy) is 1. The Hall–Kier alpha value is -2.02. The highest BCUT2D eigenvalue weighted by molar-refractivity contribution is 5.45. The van der Waals surface area contributed by atoms with E-state index in [4.69, 9.17) is 4.74 Å². The second-order valence-corrected chi connectivity index (χ2v) is 6.08. The topological polar surface area (TPSA) is 9.23 Å². The van der Waals surface area contributed by atoms with E-state index in [2.05, 4.69) is 49.0 Å². The number of hydrogen-bond acceptors (Lipinski definition) is 1. The zero-order valence-electron chi connectivity index (χ0n) is 13.1. The number of allylic oxidation sites excluding steroid dienone is 1. The second-order valence-electron chi connectivity index (χ2n) is 6.08. The molecule has 1 heteroatoms. The molecule has 2 aromatic carbocycles. The molecule has 1 fully saturated rings.